The van der Waals surface area contributed by atoms with E-state index in [4.69, 9.17) is 9.84 Å². The van der Waals surface area contributed by atoms with E-state index in [9.17, 15) is 9.59 Å². The molecular formula is C26H21N3O4. The molecule has 0 fully saturated rings. The number of aromatic carboxylic acids is 1. The Balaban J connectivity index is 1.22. The van der Waals surface area contributed by atoms with E-state index in [1.165, 1.54) is 33.0 Å². The number of hydrogen-bond acceptors (Lipinski definition) is 4. The fourth-order valence-electron chi connectivity index (χ4n) is 4.21. The highest BCUT2D eigenvalue weighted by Crippen LogP contribution is 2.44. The first kappa shape index (κ1) is 20.5. The van der Waals surface area contributed by atoms with Crippen molar-refractivity contribution in [3.05, 3.63) is 107 Å². The monoisotopic (exact) mass is 439 g/mol. The number of nitrogens with zero attached hydrogens (tertiary/aromatic N) is 2. The van der Waals surface area contributed by atoms with Crippen molar-refractivity contribution < 1.29 is 19.4 Å². The Morgan fingerprint density at radius 1 is 0.939 bits per heavy atom. The van der Waals surface area contributed by atoms with Crippen molar-refractivity contribution in [2.75, 3.05) is 6.61 Å². The third kappa shape index (κ3) is 4.08. The van der Waals surface area contributed by atoms with Crippen LogP contribution in [0, 0.1) is 0 Å². The van der Waals surface area contributed by atoms with Crippen LogP contribution in [-0.4, -0.2) is 33.6 Å². The van der Waals surface area contributed by atoms with Gasteiger partial charge in [0.1, 0.15) is 6.61 Å². The molecule has 3 aromatic carbocycles. The fourth-order valence-corrected chi connectivity index (χ4v) is 4.21. The summed E-state index contributed by atoms with van der Waals surface area (Å²) in [6.45, 7) is 0.530. The lowest BCUT2D eigenvalue weighted by Gasteiger charge is -2.14. The van der Waals surface area contributed by atoms with Crippen molar-refractivity contribution in [1.82, 2.24) is 15.1 Å². The van der Waals surface area contributed by atoms with E-state index in [-0.39, 0.29) is 24.8 Å². The van der Waals surface area contributed by atoms with Gasteiger partial charge in [-0.05, 0) is 46.0 Å². The molecule has 0 atom stereocenters. The van der Waals surface area contributed by atoms with E-state index in [0.29, 0.717) is 5.69 Å². The van der Waals surface area contributed by atoms with Crippen LogP contribution in [0.1, 0.15) is 33.1 Å². The van der Waals surface area contributed by atoms with Gasteiger partial charge in [0.05, 0.1) is 5.69 Å². The number of aromatic nitrogens is 2. The van der Waals surface area contributed by atoms with Crippen LogP contribution in [0.4, 0.5) is 4.79 Å². The number of carboxylic acid groups (broad SMARTS) is 1. The molecule has 164 valence electrons. The van der Waals surface area contributed by atoms with Gasteiger partial charge in [-0.3, -0.25) is 0 Å². The van der Waals surface area contributed by atoms with Crippen LogP contribution in [0.3, 0.4) is 0 Å². The number of carbonyl (C=O) groups excluding carboxylic acids is 1. The minimum atomic E-state index is -1.08. The Labute approximate surface area is 190 Å². The van der Waals surface area contributed by atoms with E-state index >= 15 is 0 Å². The summed E-state index contributed by atoms with van der Waals surface area (Å²) in [6.07, 6.45) is 1.09. The number of ether oxygens (including phenoxy) is 1. The number of carboxylic acids is 1. The summed E-state index contributed by atoms with van der Waals surface area (Å²) in [5, 5.41) is 15.9. The van der Waals surface area contributed by atoms with E-state index in [0.717, 1.165) is 5.56 Å². The molecule has 1 heterocycles. The summed E-state index contributed by atoms with van der Waals surface area (Å²) < 4.78 is 7.06. The molecule has 0 unspecified atom stereocenters. The van der Waals surface area contributed by atoms with Gasteiger partial charge >= 0.3 is 12.1 Å². The second kappa shape index (κ2) is 8.63. The van der Waals surface area contributed by atoms with Crippen LogP contribution in [0.25, 0.3) is 16.8 Å². The van der Waals surface area contributed by atoms with Crippen LogP contribution in [0.15, 0.2) is 85.1 Å². The van der Waals surface area contributed by atoms with E-state index in [1.54, 1.807) is 6.20 Å². The number of carbonyl (C=O) groups is 2. The maximum atomic E-state index is 12.4. The van der Waals surface area contributed by atoms with Gasteiger partial charge in [-0.15, -0.1) is 0 Å². The standard InChI is InChI=1S/C26H21N3O4/c30-25(31)24-12-13-29(28-24)18-7-5-6-17(14-18)15-27-26(32)33-16-23-21-10-3-1-8-19(21)20-9-2-4-11-22(20)23/h1-14,23H,15-16H2,(H,27,32)(H,30,31). The van der Waals surface area contributed by atoms with Gasteiger partial charge in [0.2, 0.25) is 0 Å². The molecule has 33 heavy (non-hydrogen) atoms. The third-order valence-corrected chi connectivity index (χ3v) is 5.76. The number of benzene rings is 3. The highest BCUT2D eigenvalue weighted by Gasteiger charge is 2.28. The number of hydrogen-bond donors (Lipinski definition) is 2. The van der Waals surface area contributed by atoms with Crippen LogP contribution >= 0.6 is 0 Å². The number of alkyl carbamates (subject to hydrolysis) is 1. The van der Waals surface area contributed by atoms with Crippen LogP contribution in [0.5, 0.6) is 0 Å². The van der Waals surface area contributed by atoms with Gasteiger partial charge in [-0.25, -0.2) is 14.3 Å². The predicted octanol–water partition coefficient (Wildman–Crippen LogP) is 4.61. The highest BCUT2D eigenvalue weighted by molar-refractivity contribution is 5.85. The summed E-state index contributed by atoms with van der Waals surface area (Å²) in [7, 11) is 0. The van der Waals surface area contributed by atoms with Gasteiger partial charge in [-0.2, -0.15) is 5.10 Å². The summed E-state index contributed by atoms with van der Waals surface area (Å²) in [6, 6.07) is 25.2. The maximum Gasteiger partial charge on any atom is 0.407 e. The smallest absolute Gasteiger partial charge is 0.407 e. The number of amides is 1. The molecule has 1 aromatic heterocycles. The largest absolute Gasteiger partial charge is 0.476 e. The number of fused-ring (bicyclic) bond motifs is 3. The molecule has 5 rings (SSSR count). The van der Waals surface area contributed by atoms with Crippen LogP contribution < -0.4 is 5.32 Å². The summed E-state index contributed by atoms with van der Waals surface area (Å²) in [4.78, 5) is 23.5. The fraction of sp³-hybridized carbons (Fsp3) is 0.115. The van der Waals surface area contributed by atoms with Crippen molar-refractivity contribution in [3.63, 3.8) is 0 Å². The van der Waals surface area contributed by atoms with E-state index in [2.05, 4.69) is 34.7 Å². The first-order valence-electron chi connectivity index (χ1n) is 10.6. The first-order chi connectivity index (χ1) is 16.1. The van der Waals surface area contributed by atoms with Crippen molar-refractivity contribution in [2.45, 2.75) is 12.5 Å². The Bertz CT molecular complexity index is 1300. The average Bonchev–Trinajstić information content (AvgIpc) is 3.46. The Morgan fingerprint density at radius 2 is 1.64 bits per heavy atom. The molecule has 2 N–H and O–H groups in total. The topological polar surface area (TPSA) is 93.5 Å². The molecule has 1 amide bonds. The first-order valence-corrected chi connectivity index (χ1v) is 10.6. The summed E-state index contributed by atoms with van der Waals surface area (Å²) >= 11 is 0. The SMILES string of the molecule is O=C(NCc1cccc(-n2ccc(C(=O)O)n2)c1)OCC1c2ccccc2-c2ccccc21. The molecule has 0 aliphatic heterocycles. The zero-order valence-corrected chi connectivity index (χ0v) is 17.6. The molecular weight excluding hydrogens is 418 g/mol. The molecule has 0 bridgehead atoms. The predicted molar refractivity (Wildman–Crippen MR) is 122 cm³/mol. The quantitative estimate of drug-likeness (QED) is 0.458. The molecule has 7 heteroatoms. The minimum absolute atomic E-state index is 0.00900. The second-order valence-electron chi connectivity index (χ2n) is 7.80. The highest BCUT2D eigenvalue weighted by atomic mass is 16.5. The average molecular weight is 439 g/mol. The molecule has 0 radical (unpaired) electrons. The lowest BCUT2D eigenvalue weighted by Crippen LogP contribution is -2.25. The van der Waals surface area contributed by atoms with Gasteiger partial charge in [0.25, 0.3) is 0 Å². The van der Waals surface area contributed by atoms with Gasteiger partial charge in [0, 0.05) is 18.7 Å². The van der Waals surface area contributed by atoms with Crippen LogP contribution in [0.2, 0.25) is 0 Å². The van der Waals surface area contributed by atoms with Crippen molar-refractivity contribution >= 4 is 12.1 Å². The lowest BCUT2D eigenvalue weighted by atomic mass is 9.98. The maximum absolute atomic E-state index is 12.4. The molecule has 0 saturated carbocycles. The molecule has 1 aliphatic carbocycles. The van der Waals surface area contributed by atoms with Crippen molar-refractivity contribution in [2.24, 2.45) is 0 Å². The summed E-state index contributed by atoms with van der Waals surface area (Å²) in [5.41, 5.74) is 6.21. The van der Waals surface area contributed by atoms with E-state index < -0.39 is 12.1 Å². The van der Waals surface area contributed by atoms with Crippen LogP contribution in [-0.2, 0) is 11.3 Å². The van der Waals surface area contributed by atoms with E-state index in [1.807, 2.05) is 48.5 Å². The second-order valence-corrected chi connectivity index (χ2v) is 7.80. The van der Waals surface area contributed by atoms with Gasteiger partial charge < -0.3 is 15.2 Å². The lowest BCUT2D eigenvalue weighted by molar-refractivity contribution is 0.0690. The van der Waals surface area contributed by atoms with Crippen molar-refractivity contribution in [1.29, 1.82) is 0 Å². The third-order valence-electron chi connectivity index (χ3n) is 5.76. The molecule has 0 saturated heterocycles. The summed E-state index contributed by atoms with van der Waals surface area (Å²) in [5.74, 6) is -1.07. The molecule has 4 aromatic rings. The zero-order chi connectivity index (χ0) is 22.8. The Hall–Kier alpha value is -4.39. The zero-order valence-electron chi connectivity index (χ0n) is 17.6. The van der Waals surface area contributed by atoms with Crippen molar-refractivity contribution in [3.8, 4) is 16.8 Å². The molecule has 7 nitrogen and oxygen atoms in total. The Morgan fingerprint density at radius 3 is 2.30 bits per heavy atom. The number of nitrogens with one attached hydrogen (secondary N) is 1. The normalized spacial score (nSPS) is 12.1. The molecule has 0 spiro atoms. The Kier molecular flexibility index (Phi) is 5.36. The van der Waals surface area contributed by atoms with Gasteiger partial charge in [-0.1, -0.05) is 60.7 Å². The van der Waals surface area contributed by atoms with Gasteiger partial charge in [0.15, 0.2) is 5.69 Å². The minimum Gasteiger partial charge on any atom is -0.476 e. The molecule has 1 aliphatic rings. The number of rotatable bonds is 6.